The van der Waals surface area contributed by atoms with E-state index in [0.29, 0.717) is 17.6 Å². The van der Waals surface area contributed by atoms with E-state index in [9.17, 15) is 0 Å². The van der Waals surface area contributed by atoms with E-state index in [1.54, 1.807) is 6.20 Å². The summed E-state index contributed by atoms with van der Waals surface area (Å²) in [5.74, 6) is 0.516. The Morgan fingerprint density at radius 3 is 2.77 bits per heavy atom. The molecular weight excluding hydrogens is 398 g/mol. The minimum absolute atomic E-state index is 0.00928. The molecule has 0 bridgehead atoms. The van der Waals surface area contributed by atoms with Gasteiger partial charge in [0, 0.05) is 35.3 Å². The highest BCUT2D eigenvalue weighted by Crippen LogP contribution is 2.29. The van der Waals surface area contributed by atoms with Gasteiger partial charge in [-0.2, -0.15) is 0 Å². The van der Waals surface area contributed by atoms with Gasteiger partial charge >= 0.3 is 0 Å². The van der Waals surface area contributed by atoms with Crippen LogP contribution in [-0.4, -0.2) is 34.6 Å². The van der Waals surface area contributed by atoms with E-state index in [4.69, 9.17) is 21.3 Å². The third kappa shape index (κ3) is 3.98. The van der Waals surface area contributed by atoms with Crippen LogP contribution in [0.2, 0.25) is 5.02 Å². The Balaban J connectivity index is 1.43. The van der Waals surface area contributed by atoms with Crippen molar-refractivity contribution in [1.82, 2.24) is 20.3 Å². The summed E-state index contributed by atoms with van der Waals surface area (Å²) in [5, 5.41) is 8.23. The molecule has 30 heavy (non-hydrogen) atoms. The van der Waals surface area contributed by atoms with Crippen molar-refractivity contribution in [2.24, 2.45) is 0 Å². The second-order valence-electron chi connectivity index (χ2n) is 7.11. The van der Waals surface area contributed by atoms with E-state index in [2.05, 4.69) is 20.6 Å². The summed E-state index contributed by atoms with van der Waals surface area (Å²) >= 11 is 6.19. The highest BCUT2D eigenvalue weighted by molar-refractivity contribution is 6.30. The fourth-order valence-electron chi connectivity index (χ4n) is 3.56. The normalized spacial score (nSPS) is 16.5. The van der Waals surface area contributed by atoms with Crippen LogP contribution in [0.5, 0.6) is 0 Å². The lowest BCUT2D eigenvalue weighted by atomic mass is 10.0. The van der Waals surface area contributed by atoms with Gasteiger partial charge in [-0.05, 0) is 29.8 Å². The van der Waals surface area contributed by atoms with E-state index < -0.39 is 0 Å². The first-order chi connectivity index (χ1) is 14.8. The van der Waals surface area contributed by atoms with Crippen LogP contribution in [0.15, 0.2) is 67.0 Å². The lowest BCUT2D eigenvalue weighted by Gasteiger charge is -2.23. The van der Waals surface area contributed by atoms with Crippen molar-refractivity contribution in [1.29, 1.82) is 0 Å². The van der Waals surface area contributed by atoms with Crippen molar-refractivity contribution in [3.8, 4) is 11.1 Å². The van der Waals surface area contributed by atoms with Crippen LogP contribution in [0.25, 0.3) is 22.0 Å². The molecule has 0 amide bonds. The van der Waals surface area contributed by atoms with Crippen molar-refractivity contribution >= 4 is 34.1 Å². The lowest BCUT2D eigenvalue weighted by Crippen LogP contribution is -2.33. The Morgan fingerprint density at radius 2 is 1.97 bits per heavy atom. The maximum Gasteiger partial charge on any atom is 0.227 e. The van der Waals surface area contributed by atoms with Crippen molar-refractivity contribution in [2.75, 3.05) is 25.0 Å². The summed E-state index contributed by atoms with van der Waals surface area (Å²) in [5.41, 5.74) is 4.63. The Labute approximate surface area is 179 Å². The summed E-state index contributed by atoms with van der Waals surface area (Å²) in [6.45, 7) is 2.36. The molecule has 0 radical (unpaired) electrons. The quantitative estimate of drug-likeness (QED) is 0.499. The number of para-hydroxylation sites is 1. The third-order valence-electron chi connectivity index (χ3n) is 5.05. The molecule has 1 unspecified atom stereocenters. The van der Waals surface area contributed by atoms with Crippen LogP contribution in [0.4, 0.5) is 11.6 Å². The number of ether oxygens (including phenoxy) is 1. The summed E-state index contributed by atoms with van der Waals surface area (Å²) in [4.78, 5) is 13.8. The summed E-state index contributed by atoms with van der Waals surface area (Å²) in [6, 6.07) is 17.8. The molecule has 0 saturated carbocycles. The first-order valence-corrected chi connectivity index (χ1v) is 10.2. The van der Waals surface area contributed by atoms with Gasteiger partial charge in [0.1, 0.15) is 6.10 Å². The van der Waals surface area contributed by atoms with Crippen molar-refractivity contribution in [3.63, 3.8) is 0 Å². The predicted octanol–water partition coefficient (Wildman–Crippen LogP) is 4.75. The van der Waals surface area contributed by atoms with Gasteiger partial charge in [0.2, 0.25) is 5.95 Å². The number of anilines is 2. The Bertz CT molecular complexity index is 1180. The molecular formula is C23H20ClN5O. The number of morpholine rings is 1. The molecule has 3 heterocycles. The third-order valence-corrected chi connectivity index (χ3v) is 5.28. The minimum Gasteiger partial charge on any atom is -0.369 e. The smallest absolute Gasteiger partial charge is 0.227 e. The largest absolute Gasteiger partial charge is 0.369 e. The maximum absolute atomic E-state index is 6.19. The molecule has 1 fully saturated rings. The van der Waals surface area contributed by atoms with Crippen molar-refractivity contribution < 1.29 is 4.74 Å². The molecule has 1 aliphatic heterocycles. The molecule has 150 valence electrons. The molecule has 1 atom stereocenters. The van der Waals surface area contributed by atoms with E-state index in [1.807, 2.05) is 60.8 Å². The topological polar surface area (TPSA) is 72.0 Å². The zero-order valence-corrected chi connectivity index (χ0v) is 16.9. The van der Waals surface area contributed by atoms with Gasteiger partial charge < -0.3 is 15.4 Å². The van der Waals surface area contributed by atoms with Crippen LogP contribution in [0.1, 0.15) is 11.8 Å². The van der Waals surface area contributed by atoms with Gasteiger partial charge in [-0.15, -0.1) is 0 Å². The predicted molar refractivity (Wildman–Crippen MR) is 119 cm³/mol. The van der Waals surface area contributed by atoms with Crippen LogP contribution in [0.3, 0.4) is 0 Å². The van der Waals surface area contributed by atoms with Gasteiger partial charge in [-0.25, -0.2) is 9.97 Å². The second kappa shape index (κ2) is 8.36. The Morgan fingerprint density at radius 1 is 1.03 bits per heavy atom. The SMILES string of the molecule is Clc1cccc(-c2cccc3cnc(Nc4ccc(C5CNCCO5)nc4)nc23)c1. The molecule has 2 aromatic heterocycles. The number of hydrogen-bond donors (Lipinski definition) is 2. The number of fused-ring (bicyclic) bond motifs is 1. The zero-order chi connectivity index (χ0) is 20.3. The number of aromatic nitrogens is 3. The number of nitrogens with zero attached hydrogens (tertiary/aromatic N) is 3. The standard InChI is InChI=1S/C23H20ClN5O/c24-17-5-1-3-15(11-17)19-6-2-4-16-12-27-23(29-22(16)19)28-18-7-8-20(26-13-18)21-14-25-9-10-30-21/h1-8,11-13,21,25H,9-10,14H2,(H,27,28,29). The highest BCUT2D eigenvalue weighted by atomic mass is 35.5. The molecule has 2 N–H and O–H groups in total. The molecule has 4 aromatic rings. The number of nitrogens with one attached hydrogen (secondary N) is 2. The molecule has 0 aliphatic carbocycles. The van der Waals surface area contributed by atoms with E-state index in [1.165, 1.54) is 0 Å². The summed E-state index contributed by atoms with van der Waals surface area (Å²) in [7, 11) is 0. The highest BCUT2D eigenvalue weighted by Gasteiger charge is 2.16. The van der Waals surface area contributed by atoms with Gasteiger partial charge in [-0.1, -0.05) is 41.9 Å². The fourth-order valence-corrected chi connectivity index (χ4v) is 3.75. The zero-order valence-electron chi connectivity index (χ0n) is 16.2. The van der Waals surface area contributed by atoms with Crippen molar-refractivity contribution in [2.45, 2.75) is 6.10 Å². The maximum atomic E-state index is 6.19. The van der Waals surface area contributed by atoms with Gasteiger partial charge in [0.05, 0.1) is 29.7 Å². The van der Waals surface area contributed by atoms with E-state index >= 15 is 0 Å². The van der Waals surface area contributed by atoms with E-state index in [-0.39, 0.29) is 6.10 Å². The lowest BCUT2D eigenvalue weighted by molar-refractivity contribution is 0.0250. The summed E-state index contributed by atoms with van der Waals surface area (Å²) < 4.78 is 5.75. The van der Waals surface area contributed by atoms with Crippen LogP contribution < -0.4 is 10.6 Å². The molecule has 2 aromatic carbocycles. The fraction of sp³-hybridized carbons (Fsp3) is 0.174. The molecule has 6 nitrogen and oxygen atoms in total. The van der Waals surface area contributed by atoms with Gasteiger partial charge in [0.25, 0.3) is 0 Å². The molecule has 1 saturated heterocycles. The molecule has 7 heteroatoms. The second-order valence-corrected chi connectivity index (χ2v) is 7.54. The number of hydrogen-bond acceptors (Lipinski definition) is 6. The molecule has 1 aliphatic rings. The number of benzene rings is 2. The molecule has 5 rings (SSSR count). The monoisotopic (exact) mass is 417 g/mol. The van der Waals surface area contributed by atoms with Crippen LogP contribution in [0, 0.1) is 0 Å². The van der Waals surface area contributed by atoms with Crippen molar-refractivity contribution in [3.05, 3.63) is 77.7 Å². The Kier molecular flexibility index (Phi) is 5.27. The first-order valence-electron chi connectivity index (χ1n) is 9.83. The van der Waals surface area contributed by atoms with Crippen LogP contribution >= 0.6 is 11.6 Å². The van der Waals surface area contributed by atoms with Gasteiger partial charge in [-0.3, -0.25) is 4.98 Å². The average Bonchev–Trinajstić information content (AvgIpc) is 2.80. The Hall–Kier alpha value is -3.06. The average molecular weight is 418 g/mol. The first kappa shape index (κ1) is 18.9. The van der Waals surface area contributed by atoms with Gasteiger partial charge in [0.15, 0.2) is 0 Å². The number of halogens is 1. The number of pyridine rings is 1. The number of rotatable bonds is 4. The minimum atomic E-state index is -0.00928. The van der Waals surface area contributed by atoms with Crippen LogP contribution in [-0.2, 0) is 4.74 Å². The molecule has 0 spiro atoms. The summed E-state index contributed by atoms with van der Waals surface area (Å²) in [6.07, 6.45) is 3.59. The van der Waals surface area contributed by atoms with E-state index in [0.717, 1.165) is 46.5 Å².